The first-order chi connectivity index (χ1) is 15.9. The van der Waals surface area contributed by atoms with E-state index in [1.807, 2.05) is 41.3 Å². The molecule has 6 heteroatoms. The van der Waals surface area contributed by atoms with E-state index in [4.69, 9.17) is 11.6 Å². The van der Waals surface area contributed by atoms with Gasteiger partial charge >= 0.3 is 0 Å². The molecule has 2 aliphatic heterocycles. The number of nitrogens with zero attached hydrogens (tertiary/aromatic N) is 2. The van der Waals surface area contributed by atoms with Crippen molar-refractivity contribution in [3.8, 4) is 0 Å². The fourth-order valence-corrected chi connectivity index (χ4v) is 6.29. The zero-order valence-electron chi connectivity index (χ0n) is 19.6. The van der Waals surface area contributed by atoms with Crippen molar-refractivity contribution in [1.29, 1.82) is 0 Å². The third-order valence-electron chi connectivity index (χ3n) is 7.98. The number of hydrogen-bond acceptors (Lipinski definition) is 2. The molecule has 5 rings (SSSR count). The summed E-state index contributed by atoms with van der Waals surface area (Å²) in [6, 6.07) is 19.0. The van der Waals surface area contributed by atoms with Crippen LogP contribution in [-0.2, 0) is 10.2 Å². The molecule has 2 atom stereocenters. The Morgan fingerprint density at radius 2 is 1.71 bits per heavy atom. The number of carbonyl (C=O) groups is 1. The molecule has 3 aromatic carbocycles. The molecule has 2 unspecified atom stereocenters. The average Bonchev–Trinajstić information content (AvgIpc) is 3.21. The van der Waals surface area contributed by atoms with Crippen molar-refractivity contribution in [3.63, 3.8) is 0 Å². The topological polar surface area (TPSA) is 23.6 Å². The lowest BCUT2D eigenvalue weighted by molar-refractivity contribution is -0.135. The number of carbonyl (C=O) groups excluding carboxylic acids is 1. The fourth-order valence-electron chi connectivity index (χ4n) is 6.05. The van der Waals surface area contributed by atoms with E-state index in [1.165, 1.54) is 12.1 Å². The Morgan fingerprint density at radius 3 is 2.41 bits per heavy atom. The maximum atomic E-state index is 14.0. The number of amides is 1. The van der Waals surface area contributed by atoms with Gasteiger partial charge in [0.1, 0.15) is 5.82 Å². The Morgan fingerprint density at radius 1 is 1.03 bits per heavy atom. The van der Waals surface area contributed by atoms with Gasteiger partial charge < -0.3 is 9.80 Å². The average molecular weight is 501 g/mol. The molecule has 1 amide bonds. The Labute approximate surface area is 212 Å². The quantitative estimate of drug-likeness (QED) is 0.401. The van der Waals surface area contributed by atoms with E-state index in [0.717, 1.165) is 60.8 Å². The second-order valence-corrected chi connectivity index (χ2v) is 10.2. The maximum absolute atomic E-state index is 14.0. The Hall–Kier alpha value is -2.14. The van der Waals surface area contributed by atoms with Crippen molar-refractivity contribution >= 4 is 40.7 Å². The first kappa shape index (κ1) is 25.0. The number of fused-ring (bicyclic) bond motifs is 1. The van der Waals surface area contributed by atoms with Crippen LogP contribution in [0.4, 0.5) is 4.39 Å². The van der Waals surface area contributed by atoms with Crippen LogP contribution in [-0.4, -0.2) is 42.4 Å². The van der Waals surface area contributed by atoms with E-state index >= 15 is 0 Å². The van der Waals surface area contributed by atoms with Crippen LogP contribution in [0.25, 0.3) is 10.8 Å². The highest BCUT2D eigenvalue weighted by atomic mass is 35.5. The number of piperidine rings is 1. The molecule has 0 radical (unpaired) electrons. The number of halogens is 3. The lowest BCUT2D eigenvalue weighted by Gasteiger charge is -2.44. The van der Waals surface area contributed by atoms with Gasteiger partial charge in [0.2, 0.25) is 5.91 Å². The van der Waals surface area contributed by atoms with E-state index in [-0.39, 0.29) is 41.5 Å². The number of benzene rings is 3. The minimum atomic E-state index is -0.248. The van der Waals surface area contributed by atoms with Crippen molar-refractivity contribution in [1.82, 2.24) is 9.80 Å². The van der Waals surface area contributed by atoms with E-state index in [2.05, 4.69) is 31.0 Å². The van der Waals surface area contributed by atoms with Gasteiger partial charge in [0.15, 0.2) is 0 Å². The van der Waals surface area contributed by atoms with Gasteiger partial charge in [-0.15, -0.1) is 12.4 Å². The van der Waals surface area contributed by atoms with Gasteiger partial charge in [-0.25, -0.2) is 4.39 Å². The van der Waals surface area contributed by atoms with Crippen LogP contribution in [0.1, 0.15) is 43.4 Å². The van der Waals surface area contributed by atoms with E-state index in [9.17, 15) is 9.18 Å². The lowest BCUT2D eigenvalue weighted by Crippen LogP contribution is -2.48. The molecule has 0 aliphatic carbocycles. The van der Waals surface area contributed by atoms with Crippen molar-refractivity contribution in [2.45, 2.75) is 37.6 Å². The summed E-state index contributed by atoms with van der Waals surface area (Å²) in [6.45, 7) is 4.72. The summed E-state index contributed by atoms with van der Waals surface area (Å²) in [5.41, 5.74) is 1.94. The highest BCUT2D eigenvalue weighted by Crippen LogP contribution is 2.48. The minimum absolute atomic E-state index is 0. The molecule has 2 fully saturated rings. The van der Waals surface area contributed by atoms with E-state index in [0.29, 0.717) is 5.02 Å². The lowest BCUT2D eigenvalue weighted by atomic mass is 9.64. The molecule has 2 heterocycles. The zero-order valence-corrected chi connectivity index (χ0v) is 21.2. The van der Waals surface area contributed by atoms with Crippen LogP contribution in [0.5, 0.6) is 0 Å². The molecule has 0 N–H and O–H groups in total. The fraction of sp³-hybridized carbons (Fsp3) is 0.393. The van der Waals surface area contributed by atoms with Gasteiger partial charge in [0, 0.05) is 22.9 Å². The SMILES string of the molecule is CC(c1cc(Cl)cc2ccccc12)N1CCC(C2(c3ccc(F)cc3)CCN(C)CC2)C1=O.Cl. The van der Waals surface area contributed by atoms with Gasteiger partial charge in [0.25, 0.3) is 0 Å². The van der Waals surface area contributed by atoms with Crippen LogP contribution < -0.4 is 0 Å². The molecule has 2 aliphatic rings. The van der Waals surface area contributed by atoms with Gasteiger partial charge in [-0.2, -0.15) is 0 Å². The summed E-state index contributed by atoms with van der Waals surface area (Å²) >= 11 is 6.45. The number of likely N-dealkylation sites (tertiary alicyclic amines) is 2. The summed E-state index contributed by atoms with van der Waals surface area (Å²) in [5.74, 6) is -0.118. The third-order valence-corrected chi connectivity index (χ3v) is 8.20. The molecular weight excluding hydrogens is 470 g/mol. The molecule has 2 saturated heterocycles. The predicted octanol–water partition coefficient (Wildman–Crippen LogP) is 6.63. The van der Waals surface area contributed by atoms with Gasteiger partial charge in [-0.05, 0) is 92.5 Å². The zero-order chi connectivity index (χ0) is 23.2. The van der Waals surface area contributed by atoms with Gasteiger partial charge in [0.05, 0.1) is 6.04 Å². The maximum Gasteiger partial charge on any atom is 0.227 e. The Kier molecular flexibility index (Phi) is 7.23. The van der Waals surface area contributed by atoms with Gasteiger partial charge in [-0.1, -0.05) is 48.0 Å². The largest absolute Gasteiger partial charge is 0.336 e. The second kappa shape index (κ2) is 9.85. The van der Waals surface area contributed by atoms with E-state index in [1.54, 1.807) is 0 Å². The molecule has 0 aromatic heterocycles. The van der Waals surface area contributed by atoms with E-state index < -0.39 is 0 Å². The normalized spacial score (nSPS) is 21.5. The highest BCUT2D eigenvalue weighted by Gasteiger charge is 2.50. The molecule has 0 bridgehead atoms. The van der Waals surface area contributed by atoms with Crippen molar-refractivity contribution in [3.05, 3.63) is 82.6 Å². The standard InChI is InChI=1S/C28H30ClFN2O.ClH/c1-19(25-18-22(29)17-20-5-3-4-6-24(20)25)32-14-11-26(27(32)33)28(12-15-31(2)16-13-28)21-7-9-23(30)10-8-21;/h3-10,17-19,26H,11-16H2,1-2H3;1H. The van der Waals surface area contributed by atoms with Crippen LogP contribution in [0.2, 0.25) is 5.02 Å². The minimum Gasteiger partial charge on any atom is -0.336 e. The summed E-state index contributed by atoms with van der Waals surface area (Å²) in [6.07, 6.45) is 2.64. The van der Waals surface area contributed by atoms with Crippen LogP contribution in [0.3, 0.4) is 0 Å². The first-order valence-corrected chi connectivity index (χ1v) is 12.2. The third kappa shape index (κ3) is 4.32. The summed E-state index contributed by atoms with van der Waals surface area (Å²) in [5, 5.41) is 2.92. The predicted molar refractivity (Wildman–Crippen MR) is 139 cm³/mol. The molecule has 0 saturated carbocycles. The summed E-state index contributed by atoms with van der Waals surface area (Å²) in [7, 11) is 2.13. The van der Waals surface area contributed by atoms with Crippen molar-refractivity contribution < 1.29 is 9.18 Å². The first-order valence-electron chi connectivity index (χ1n) is 11.8. The van der Waals surface area contributed by atoms with Crippen LogP contribution >= 0.6 is 24.0 Å². The smallest absolute Gasteiger partial charge is 0.227 e. The van der Waals surface area contributed by atoms with Crippen molar-refractivity contribution in [2.24, 2.45) is 5.92 Å². The Bertz CT molecular complexity index is 1170. The summed E-state index contributed by atoms with van der Waals surface area (Å²) < 4.78 is 13.7. The number of rotatable bonds is 4. The molecule has 34 heavy (non-hydrogen) atoms. The van der Waals surface area contributed by atoms with Crippen LogP contribution in [0, 0.1) is 11.7 Å². The van der Waals surface area contributed by atoms with Crippen LogP contribution in [0.15, 0.2) is 60.7 Å². The monoisotopic (exact) mass is 500 g/mol. The molecule has 180 valence electrons. The molecular formula is C28H31Cl2FN2O. The van der Waals surface area contributed by atoms with Gasteiger partial charge in [-0.3, -0.25) is 4.79 Å². The van der Waals surface area contributed by atoms with Crippen molar-refractivity contribution in [2.75, 3.05) is 26.7 Å². The Balaban J connectivity index is 0.00000274. The molecule has 3 nitrogen and oxygen atoms in total. The second-order valence-electron chi connectivity index (χ2n) is 9.73. The summed E-state index contributed by atoms with van der Waals surface area (Å²) in [4.78, 5) is 18.3. The molecule has 0 spiro atoms. The molecule has 3 aromatic rings. The number of hydrogen-bond donors (Lipinski definition) is 0. The highest BCUT2D eigenvalue weighted by molar-refractivity contribution is 6.31.